The standard InChI is InChI=1S/C14H19BN2O2S/c1-8-6-10-11(20-12(16)17-10)7-9(8)15-18-13(2,3)14(4,5)19-15/h6-7H,1-5H3,(H2,16,17). The molecule has 0 bridgehead atoms. The lowest BCUT2D eigenvalue weighted by Crippen LogP contribution is -2.41. The van der Waals surface area contributed by atoms with E-state index in [1.165, 1.54) is 11.3 Å². The highest BCUT2D eigenvalue weighted by Gasteiger charge is 2.52. The maximum absolute atomic E-state index is 6.12. The number of anilines is 1. The molecule has 1 fully saturated rings. The molecule has 2 heterocycles. The molecule has 0 unspecified atom stereocenters. The van der Waals surface area contributed by atoms with Crippen LogP contribution in [0.5, 0.6) is 0 Å². The number of benzene rings is 1. The molecule has 0 radical (unpaired) electrons. The third-order valence-corrected chi connectivity index (χ3v) is 5.15. The van der Waals surface area contributed by atoms with E-state index in [-0.39, 0.29) is 18.3 Å². The second-order valence-corrected chi connectivity index (χ2v) is 7.38. The lowest BCUT2D eigenvalue weighted by molar-refractivity contribution is 0.00578. The summed E-state index contributed by atoms with van der Waals surface area (Å²) in [6.45, 7) is 10.3. The monoisotopic (exact) mass is 290 g/mol. The first-order valence-electron chi connectivity index (χ1n) is 6.72. The molecule has 1 aromatic carbocycles. The fourth-order valence-electron chi connectivity index (χ4n) is 2.34. The molecule has 6 heteroatoms. The van der Waals surface area contributed by atoms with Gasteiger partial charge < -0.3 is 15.0 Å². The van der Waals surface area contributed by atoms with E-state index in [0.717, 1.165) is 21.2 Å². The predicted molar refractivity (Wildman–Crippen MR) is 84.5 cm³/mol. The molecule has 0 amide bonds. The van der Waals surface area contributed by atoms with Crippen LogP contribution in [-0.4, -0.2) is 23.3 Å². The van der Waals surface area contributed by atoms with E-state index in [0.29, 0.717) is 5.13 Å². The van der Waals surface area contributed by atoms with E-state index in [4.69, 9.17) is 15.0 Å². The highest BCUT2D eigenvalue weighted by molar-refractivity contribution is 7.22. The van der Waals surface area contributed by atoms with Crippen LogP contribution in [0.3, 0.4) is 0 Å². The Kier molecular flexibility index (Phi) is 2.91. The molecule has 0 aliphatic carbocycles. The maximum atomic E-state index is 6.12. The molecule has 1 aliphatic rings. The topological polar surface area (TPSA) is 57.4 Å². The summed E-state index contributed by atoms with van der Waals surface area (Å²) in [6, 6.07) is 4.13. The molecule has 3 rings (SSSR count). The van der Waals surface area contributed by atoms with Crippen LogP contribution in [0.15, 0.2) is 12.1 Å². The minimum atomic E-state index is -0.340. The zero-order chi connectivity index (χ0) is 14.7. The van der Waals surface area contributed by atoms with Crippen molar-refractivity contribution in [1.82, 2.24) is 4.98 Å². The van der Waals surface area contributed by atoms with Crippen molar-refractivity contribution in [3.63, 3.8) is 0 Å². The number of nitrogens with zero attached hydrogens (tertiary/aromatic N) is 1. The Hall–Kier alpha value is -1.11. The molecule has 2 N–H and O–H groups in total. The molecule has 0 spiro atoms. The van der Waals surface area contributed by atoms with Gasteiger partial charge in [0.05, 0.1) is 21.4 Å². The van der Waals surface area contributed by atoms with Gasteiger partial charge >= 0.3 is 7.12 Å². The van der Waals surface area contributed by atoms with Crippen LogP contribution in [0.2, 0.25) is 0 Å². The number of hydrogen-bond donors (Lipinski definition) is 1. The second-order valence-electron chi connectivity index (χ2n) is 6.32. The van der Waals surface area contributed by atoms with Gasteiger partial charge in [-0.15, -0.1) is 0 Å². The Balaban J connectivity index is 2.05. The Morgan fingerprint density at radius 3 is 2.35 bits per heavy atom. The molecule has 1 aromatic heterocycles. The van der Waals surface area contributed by atoms with Gasteiger partial charge in [0, 0.05) is 0 Å². The summed E-state index contributed by atoms with van der Waals surface area (Å²) >= 11 is 1.49. The summed E-state index contributed by atoms with van der Waals surface area (Å²) in [5.41, 5.74) is 8.22. The minimum absolute atomic E-state index is 0.328. The first kappa shape index (κ1) is 13.9. The normalized spacial score (nSPS) is 20.8. The maximum Gasteiger partial charge on any atom is 0.495 e. The highest BCUT2D eigenvalue weighted by atomic mass is 32.1. The van der Waals surface area contributed by atoms with Crippen LogP contribution in [0.4, 0.5) is 5.13 Å². The van der Waals surface area contributed by atoms with Crippen LogP contribution in [0.25, 0.3) is 10.2 Å². The molecule has 0 saturated carbocycles. The molecule has 0 atom stereocenters. The molecular formula is C14H19BN2O2S. The highest BCUT2D eigenvalue weighted by Crippen LogP contribution is 2.37. The van der Waals surface area contributed by atoms with E-state index in [1.54, 1.807) is 0 Å². The van der Waals surface area contributed by atoms with E-state index in [1.807, 2.05) is 6.07 Å². The van der Waals surface area contributed by atoms with Gasteiger partial charge in [-0.1, -0.05) is 11.3 Å². The van der Waals surface area contributed by atoms with Crippen molar-refractivity contribution in [1.29, 1.82) is 0 Å². The third-order valence-electron chi connectivity index (χ3n) is 4.30. The molecule has 106 valence electrons. The van der Waals surface area contributed by atoms with Gasteiger partial charge in [0.2, 0.25) is 0 Å². The van der Waals surface area contributed by atoms with Crippen molar-refractivity contribution < 1.29 is 9.31 Å². The molecule has 1 aliphatic heterocycles. The number of nitrogen functional groups attached to an aromatic ring is 1. The van der Waals surface area contributed by atoms with Crippen molar-refractivity contribution in [2.45, 2.75) is 45.8 Å². The second kappa shape index (κ2) is 4.19. The van der Waals surface area contributed by atoms with Gasteiger partial charge in [0.1, 0.15) is 0 Å². The molecule has 20 heavy (non-hydrogen) atoms. The van der Waals surface area contributed by atoms with Gasteiger partial charge in [-0.05, 0) is 57.8 Å². The predicted octanol–water partition coefficient (Wildman–Crippen LogP) is 2.49. The lowest BCUT2D eigenvalue weighted by Gasteiger charge is -2.32. The van der Waals surface area contributed by atoms with Gasteiger partial charge in [-0.25, -0.2) is 4.98 Å². The smallest absolute Gasteiger partial charge is 0.399 e. The average molecular weight is 290 g/mol. The summed E-state index contributed by atoms with van der Waals surface area (Å²) < 4.78 is 13.3. The number of nitrogens with two attached hydrogens (primary N) is 1. The summed E-state index contributed by atoms with van der Waals surface area (Å²) in [5, 5.41) is 0.588. The van der Waals surface area contributed by atoms with E-state index in [2.05, 4.69) is 45.7 Å². The van der Waals surface area contributed by atoms with Crippen molar-refractivity contribution in [2.75, 3.05) is 5.73 Å². The van der Waals surface area contributed by atoms with Crippen molar-refractivity contribution in [3.8, 4) is 0 Å². The number of thiazole rings is 1. The molecular weight excluding hydrogens is 271 g/mol. The first-order chi connectivity index (χ1) is 9.19. The fourth-order valence-corrected chi connectivity index (χ4v) is 3.10. The lowest BCUT2D eigenvalue weighted by atomic mass is 9.76. The zero-order valence-corrected chi connectivity index (χ0v) is 13.3. The fraction of sp³-hybridized carbons (Fsp3) is 0.500. The SMILES string of the molecule is Cc1cc2nc(N)sc2cc1B1OC(C)(C)C(C)(C)O1. The zero-order valence-electron chi connectivity index (χ0n) is 12.5. The van der Waals surface area contributed by atoms with E-state index < -0.39 is 0 Å². The summed E-state index contributed by atoms with van der Waals surface area (Å²) in [6.07, 6.45) is 0. The van der Waals surface area contributed by atoms with E-state index in [9.17, 15) is 0 Å². The van der Waals surface area contributed by atoms with Crippen LogP contribution < -0.4 is 11.2 Å². The molecule has 4 nitrogen and oxygen atoms in total. The minimum Gasteiger partial charge on any atom is -0.399 e. The Labute approximate surface area is 123 Å². The quantitative estimate of drug-likeness (QED) is 0.820. The largest absolute Gasteiger partial charge is 0.495 e. The average Bonchev–Trinajstić information content (AvgIpc) is 2.74. The summed E-state index contributed by atoms with van der Waals surface area (Å²) in [4.78, 5) is 4.31. The number of hydrogen-bond acceptors (Lipinski definition) is 5. The van der Waals surface area contributed by atoms with Gasteiger partial charge in [0.25, 0.3) is 0 Å². The number of aryl methyl sites for hydroxylation is 1. The Bertz CT molecular complexity index is 665. The summed E-state index contributed by atoms with van der Waals surface area (Å²) in [5.74, 6) is 0. The van der Waals surface area contributed by atoms with Crippen LogP contribution in [0.1, 0.15) is 33.3 Å². The Morgan fingerprint density at radius 2 is 1.75 bits per heavy atom. The number of fused-ring (bicyclic) bond motifs is 1. The molecule has 1 saturated heterocycles. The van der Waals surface area contributed by atoms with Gasteiger partial charge in [-0.3, -0.25) is 0 Å². The van der Waals surface area contributed by atoms with Gasteiger partial charge in [0.15, 0.2) is 5.13 Å². The molecule has 2 aromatic rings. The van der Waals surface area contributed by atoms with Gasteiger partial charge in [-0.2, -0.15) is 0 Å². The third kappa shape index (κ3) is 2.03. The summed E-state index contributed by atoms with van der Waals surface area (Å²) in [7, 11) is -0.340. The first-order valence-corrected chi connectivity index (χ1v) is 7.53. The van der Waals surface area contributed by atoms with Crippen molar-refractivity contribution >= 4 is 39.3 Å². The van der Waals surface area contributed by atoms with Crippen molar-refractivity contribution in [2.24, 2.45) is 0 Å². The van der Waals surface area contributed by atoms with Crippen molar-refractivity contribution in [3.05, 3.63) is 17.7 Å². The van der Waals surface area contributed by atoms with Crippen LogP contribution in [0, 0.1) is 6.92 Å². The Morgan fingerprint density at radius 1 is 1.15 bits per heavy atom. The van der Waals surface area contributed by atoms with E-state index >= 15 is 0 Å². The number of aromatic nitrogens is 1. The van der Waals surface area contributed by atoms with Crippen LogP contribution in [-0.2, 0) is 9.31 Å². The number of rotatable bonds is 1. The van der Waals surface area contributed by atoms with Crippen LogP contribution >= 0.6 is 11.3 Å².